The van der Waals surface area contributed by atoms with E-state index < -0.39 is 0 Å². The van der Waals surface area contributed by atoms with Gasteiger partial charge in [0.05, 0.1) is 0 Å². The third-order valence-corrected chi connectivity index (χ3v) is 4.83. The van der Waals surface area contributed by atoms with Gasteiger partial charge in [-0.05, 0) is 54.1 Å². The molecule has 1 aromatic rings. The van der Waals surface area contributed by atoms with Crippen LogP contribution in [0.1, 0.15) is 69.4 Å². The van der Waals surface area contributed by atoms with Gasteiger partial charge in [-0.2, -0.15) is 0 Å². The molecule has 0 radical (unpaired) electrons. The molecule has 1 aliphatic rings. The van der Waals surface area contributed by atoms with Crippen molar-refractivity contribution in [3.63, 3.8) is 0 Å². The number of hydrogen-bond donors (Lipinski definition) is 1. The SMILES string of the molecule is CCC(CC)(CC)NC(=O)c1cc(Br)cn1C1CC1. The third kappa shape index (κ3) is 3.04. The van der Waals surface area contributed by atoms with Gasteiger partial charge in [-0.3, -0.25) is 4.79 Å². The van der Waals surface area contributed by atoms with Crippen LogP contribution in [0.5, 0.6) is 0 Å². The van der Waals surface area contributed by atoms with E-state index in [1.54, 1.807) is 0 Å². The Morgan fingerprint density at radius 2 is 1.95 bits per heavy atom. The third-order valence-electron chi connectivity index (χ3n) is 4.40. The number of nitrogens with zero attached hydrogens (tertiary/aromatic N) is 1. The van der Waals surface area contributed by atoms with E-state index in [9.17, 15) is 4.79 Å². The highest BCUT2D eigenvalue weighted by molar-refractivity contribution is 9.10. The van der Waals surface area contributed by atoms with E-state index in [-0.39, 0.29) is 11.4 Å². The summed E-state index contributed by atoms with van der Waals surface area (Å²) in [4.78, 5) is 12.6. The summed E-state index contributed by atoms with van der Waals surface area (Å²) in [5.41, 5.74) is 0.719. The lowest BCUT2D eigenvalue weighted by Gasteiger charge is -2.32. The molecule has 0 saturated heterocycles. The van der Waals surface area contributed by atoms with Crippen molar-refractivity contribution in [1.82, 2.24) is 9.88 Å². The molecule has 0 unspecified atom stereocenters. The molecule has 0 atom stereocenters. The largest absolute Gasteiger partial charge is 0.345 e. The first-order valence-corrected chi connectivity index (χ1v) is 8.04. The molecule has 1 N–H and O–H groups in total. The van der Waals surface area contributed by atoms with Crippen LogP contribution in [0.3, 0.4) is 0 Å². The molecule has 0 spiro atoms. The number of amides is 1. The highest BCUT2D eigenvalue weighted by atomic mass is 79.9. The Morgan fingerprint density at radius 3 is 2.42 bits per heavy atom. The maximum atomic E-state index is 12.6. The van der Waals surface area contributed by atoms with Crippen molar-refractivity contribution in [3.8, 4) is 0 Å². The molecule has 1 aliphatic carbocycles. The van der Waals surface area contributed by atoms with Gasteiger partial charge in [-0.25, -0.2) is 0 Å². The van der Waals surface area contributed by atoms with Crippen molar-refractivity contribution in [1.29, 1.82) is 0 Å². The normalized spacial score (nSPS) is 15.6. The first kappa shape index (κ1) is 14.6. The van der Waals surface area contributed by atoms with E-state index in [1.807, 2.05) is 12.3 Å². The van der Waals surface area contributed by atoms with Crippen LogP contribution in [-0.2, 0) is 0 Å². The quantitative estimate of drug-likeness (QED) is 0.831. The van der Waals surface area contributed by atoms with Crippen LogP contribution in [0.15, 0.2) is 16.7 Å². The fourth-order valence-electron chi connectivity index (χ4n) is 2.60. The Labute approximate surface area is 123 Å². The maximum Gasteiger partial charge on any atom is 0.268 e. The summed E-state index contributed by atoms with van der Waals surface area (Å²) in [6, 6.07) is 2.45. The summed E-state index contributed by atoms with van der Waals surface area (Å²) in [6.07, 6.45) is 7.30. The zero-order valence-electron chi connectivity index (χ0n) is 12.0. The van der Waals surface area contributed by atoms with Crippen LogP contribution in [0.2, 0.25) is 0 Å². The van der Waals surface area contributed by atoms with E-state index in [0.29, 0.717) is 6.04 Å². The molecule has 4 heteroatoms. The molecule has 1 heterocycles. The van der Waals surface area contributed by atoms with E-state index in [1.165, 1.54) is 12.8 Å². The molecule has 0 aliphatic heterocycles. The second-order valence-corrected chi connectivity index (χ2v) is 6.39. The Hall–Kier alpha value is -0.770. The van der Waals surface area contributed by atoms with Crippen molar-refractivity contribution in [2.75, 3.05) is 0 Å². The monoisotopic (exact) mass is 326 g/mol. The Morgan fingerprint density at radius 1 is 1.37 bits per heavy atom. The first-order chi connectivity index (χ1) is 9.05. The summed E-state index contributed by atoms with van der Waals surface area (Å²) < 4.78 is 3.10. The van der Waals surface area contributed by atoms with Crippen LogP contribution in [0.4, 0.5) is 0 Å². The van der Waals surface area contributed by atoms with Crippen LogP contribution >= 0.6 is 15.9 Å². The lowest BCUT2D eigenvalue weighted by Crippen LogP contribution is -2.47. The van der Waals surface area contributed by atoms with Crippen LogP contribution in [-0.4, -0.2) is 16.0 Å². The second kappa shape index (κ2) is 5.70. The molecule has 1 amide bonds. The van der Waals surface area contributed by atoms with Crippen molar-refractivity contribution in [2.24, 2.45) is 0 Å². The second-order valence-electron chi connectivity index (χ2n) is 5.48. The van der Waals surface area contributed by atoms with Crippen LogP contribution in [0.25, 0.3) is 0 Å². The van der Waals surface area contributed by atoms with Crippen molar-refractivity contribution >= 4 is 21.8 Å². The van der Waals surface area contributed by atoms with Gasteiger partial charge in [-0.15, -0.1) is 0 Å². The minimum Gasteiger partial charge on any atom is -0.345 e. The van der Waals surface area contributed by atoms with E-state index in [4.69, 9.17) is 0 Å². The van der Waals surface area contributed by atoms with Gasteiger partial charge in [0.2, 0.25) is 0 Å². The summed E-state index contributed by atoms with van der Waals surface area (Å²) in [6.45, 7) is 6.43. The average Bonchev–Trinajstić information content (AvgIpc) is 3.19. The maximum absolute atomic E-state index is 12.6. The number of carbonyl (C=O) groups is 1. The number of halogens is 1. The van der Waals surface area contributed by atoms with E-state index >= 15 is 0 Å². The summed E-state index contributed by atoms with van der Waals surface area (Å²) in [5.74, 6) is 0.0585. The predicted molar refractivity (Wildman–Crippen MR) is 81.5 cm³/mol. The highest BCUT2D eigenvalue weighted by Crippen LogP contribution is 2.37. The van der Waals surface area contributed by atoms with Crippen LogP contribution < -0.4 is 5.32 Å². The summed E-state index contributed by atoms with van der Waals surface area (Å²) >= 11 is 3.48. The number of hydrogen-bond acceptors (Lipinski definition) is 1. The molecule has 1 aromatic heterocycles. The average molecular weight is 327 g/mol. The molecule has 0 bridgehead atoms. The van der Waals surface area contributed by atoms with Crippen molar-refractivity contribution < 1.29 is 4.79 Å². The van der Waals surface area contributed by atoms with E-state index in [0.717, 1.165) is 29.4 Å². The lowest BCUT2D eigenvalue weighted by atomic mass is 9.89. The Bertz CT molecular complexity index is 450. The zero-order chi connectivity index (χ0) is 14.0. The molecule has 0 aromatic carbocycles. The molecule has 1 fully saturated rings. The highest BCUT2D eigenvalue weighted by Gasteiger charge is 2.31. The Kier molecular flexibility index (Phi) is 4.39. The molecule has 2 rings (SSSR count). The Balaban J connectivity index is 2.19. The molecule has 1 saturated carbocycles. The topological polar surface area (TPSA) is 34.0 Å². The number of nitrogens with one attached hydrogen (secondary N) is 1. The van der Waals surface area contributed by atoms with Gasteiger partial charge in [0.1, 0.15) is 5.69 Å². The molecule has 106 valence electrons. The summed E-state index contributed by atoms with van der Waals surface area (Å²) in [7, 11) is 0. The molecule has 3 nitrogen and oxygen atoms in total. The minimum absolute atomic E-state index is 0.0585. The lowest BCUT2D eigenvalue weighted by molar-refractivity contribution is 0.0878. The smallest absolute Gasteiger partial charge is 0.268 e. The van der Waals surface area contributed by atoms with Crippen LogP contribution in [0, 0.1) is 0 Å². The van der Waals surface area contributed by atoms with Gasteiger partial charge >= 0.3 is 0 Å². The van der Waals surface area contributed by atoms with Crippen molar-refractivity contribution in [3.05, 3.63) is 22.4 Å². The van der Waals surface area contributed by atoms with Gasteiger partial charge in [0.15, 0.2) is 0 Å². The van der Waals surface area contributed by atoms with Crippen molar-refractivity contribution in [2.45, 2.75) is 64.5 Å². The number of aromatic nitrogens is 1. The van der Waals surface area contributed by atoms with E-state index in [2.05, 4.69) is 46.6 Å². The fraction of sp³-hybridized carbons (Fsp3) is 0.667. The zero-order valence-corrected chi connectivity index (χ0v) is 13.6. The van der Waals surface area contributed by atoms with Gasteiger partial charge in [0, 0.05) is 22.3 Å². The van der Waals surface area contributed by atoms with Gasteiger partial charge < -0.3 is 9.88 Å². The minimum atomic E-state index is -0.0673. The van der Waals surface area contributed by atoms with Gasteiger partial charge in [-0.1, -0.05) is 20.8 Å². The van der Waals surface area contributed by atoms with Gasteiger partial charge in [0.25, 0.3) is 5.91 Å². The standard InChI is InChI=1S/C15H23BrN2O/c1-4-15(5-2,6-3)17-14(19)13-9-11(16)10-18(13)12-7-8-12/h9-10,12H,4-8H2,1-3H3,(H,17,19). The number of carbonyl (C=O) groups excluding carboxylic acids is 1. The predicted octanol–water partition coefficient (Wildman–Crippen LogP) is 4.28. The first-order valence-electron chi connectivity index (χ1n) is 7.25. The molecule has 19 heavy (non-hydrogen) atoms. The molecular weight excluding hydrogens is 304 g/mol. The fourth-order valence-corrected chi connectivity index (χ4v) is 3.04. The number of rotatable bonds is 6. The summed E-state index contributed by atoms with van der Waals surface area (Å²) in [5, 5.41) is 3.25. The molecular formula is C15H23BrN2O.